The lowest BCUT2D eigenvalue weighted by molar-refractivity contribution is -0.112. The van der Waals surface area contributed by atoms with Crippen LogP contribution in [0.1, 0.15) is 10.4 Å². The number of carbonyl (C=O) groups excluding carboxylic acids is 2. The molecule has 0 saturated heterocycles. The van der Waals surface area contributed by atoms with Gasteiger partial charge in [-0.05, 0) is 17.7 Å². The van der Waals surface area contributed by atoms with Crippen molar-refractivity contribution in [3.05, 3.63) is 90.6 Å². The van der Waals surface area contributed by atoms with Crippen molar-refractivity contribution in [1.82, 2.24) is 4.57 Å². The number of ketones is 1. The second-order valence-corrected chi connectivity index (χ2v) is 6.37. The average molecular weight is 354 g/mol. The van der Waals surface area contributed by atoms with E-state index in [-0.39, 0.29) is 0 Å². The quantitative estimate of drug-likeness (QED) is 0.428. The van der Waals surface area contributed by atoms with Crippen LogP contribution in [0, 0.1) is 0 Å². The highest BCUT2D eigenvalue weighted by molar-refractivity contribution is 6.48. The van der Waals surface area contributed by atoms with E-state index in [0.29, 0.717) is 11.3 Å². The number of fused-ring (bicyclic) bond motifs is 1. The molecular formula is C23H18N2O2. The van der Waals surface area contributed by atoms with Gasteiger partial charge in [-0.25, -0.2) is 0 Å². The minimum Gasteiger partial charge on any atom is -0.350 e. The SMILES string of the molecule is Cn1cc(C(=O)C(=O)Nc2ccccc2-c2ccccc2)c2ccccc21. The minimum atomic E-state index is -0.644. The van der Waals surface area contributed by atoms with Gasteiger partial charge in [0.25, 0.3) is 11.7 Å². The van der Waals surface area contributed by atoms with E-state index in [1.807, 2.05) is 84.4 Å². The molecule has 0 unspecified atom stereocenters. The van der Waals surface area contributed by atoms with E-state index in [0.717, 1.165) is 22.0 Å². The van der Waals surface area contributed by atoms with Gasteiger partial charge in [-0.3, -0.25) is 9.59 Å². The van der Waals surface area contributed by atoms with Crippen molar-refractivity contribution in [2.45, 2.75) is 0 Å². The van der Waals surface area contributed by atoms with Gasteiger partial charge in [0.05, 0.1) is 5.56 Å². The van der Waals surface area contributed by atoms with Crippen LogP contribution in [0.3, 0.4) is 0 Å². The molecule has 0 aliphatic rings. The maximum Gasteiger partial charge on any atom is 0.296 e. The van der Waals surface area contributed by atoms with Crippen LogP contribution in [0.2, 0.25) is 0 Å². The Balaban J connectivity index is 1.66. The van der Waals surface area contributed by atoms with Gasteiger partial charge in [0.2, 0.25) is 0 Å². The van der Waals surface area contributed by atoms with Crippen LogP contribution in [-0.2, 0) is 11.8 Å². The van der Waals surface area contributed by atoms with Gasteiger partial charge in [0.1, 0.15) is 0 Å². The molecule has 0 aliphatic carbocycles. The molecule has 4 rings (SSSR count). The van der Waals surface area contributed by atoms with Crippen LogP contribution >= 0.6 is 0 Å². The van der Waals surface area contributed by atoms with E-state index >= 15 is 0 Å². The molecule has 1 N–H and O–H groups in total. The number of benzene rings is 3. The third kappa shape index (κ3) is 3.13. The number of rotatable bonds is 4. The number of Topliss-reactive ketones (excluding diaryl/α,β-unsaturated/α-hetero) is 1. The predicted molar refractivity (Wildman–Crippen MR) is 108 cm³/mol. The van der Waals surface area contributed by atoms with E-state index < -0.39 is 11.7 Å². The maximum atomic E-state index is 12.8. The fourth-order valence-electron chi connectivity index (χ4n) is 3.29. The Hall–Kier alpha value is -3.66. The monoisotopic (exact) mass is 354 g/mol. The zero-order valence-electron chi connectivity index (χ0n) is 14.8. The summed E-state index contributed by atoms with van der Waals surface area (Å²) in [4.78, 5) is 25.5. The number of nitrogens with zero attached hydrogens (tertiary/aromatic N) is 1. The molecule has 0 spiro atoms. The predicted octanol–water partition coefficient (Wildman–Crippen LogP) is 4.67. The standard InChI is InChI=1S/C23H18N2O2/c1-25-15-19(18-12-6-8-14-21(18)25)22(26)23(27)24-20-13-7-5-11-17(20)16-9-3-2-4-10-16/h2-15H,1H3,(H,24,27). The number of aryl methyl sites for hydroxylation is 1. The van der Waals surface area contributed by atoms with Crippen LogP contribution in [-0.4, -0.2) is 16.3 Å². The molecule has 0 fully saturated rings. The third-order valence-electron chi connectivity index (χ3n) is 4.61. The fourth-order valence-corrected chi connectivity index (χ4v) is 3.29. The molecule has 132 valence electrons. The Labute approximate surface area is 157 Å². The molecule has 4 heteroatoms. The van der Waals surface area contributed by atoms with E-state index in [9.17, 15) is 9.59 Å². The number of carbonyl (C=O) groups is 2. The summed E-state index contributed by atoms with van der Waals surface area (Å²) in [6.07, 6.45) is 1.70. The van der Waals surface area contributed by atoms with Gasteiger partial charge in [0.15, 0.2) is 0 Å². The lowest BCUT2D eigenvalue weighted by Gasteiger charge is -2.10. The molecule has 3 aromatic carbocycles. The summed E-state index contributed by atoms with van der Waals surface area (Å²) in [6.45, 7) is 0. The number of hydrogen-bond acceptors (Lipinski definition) is 2. The molecule has 1 amide bonds. The largest absolute Gasteiger partial charge is 0.350 e. The second kappa shape index (κ2) is 6.92. The van der Waals surface area contributed by atoms with E-state index in [1.165, 1.54) is 0 Å². The first kappa shape index (κ1) is 16.8. The molecule has 27 heavy (non-hydrogen) atoms. The van der Waals surface area contributed by atoms with Crippen molar-refractivity contribution in [1.29, 1.82) is 0 Å². The molecule has 0 atom stereocenters. The van der Waals surface area contributed by atoms with E-state index in [1.54, 1.807) is 12.3 Å². The van der Waals surface area contributed by atoms with Crippen molar-refractivity contribution < 1.29 is 9.59 Å². The molecule has 1 heterocycles. The number of aromatic nitrogens is 1. The number of hydrogen-bond donors (Lipinski definition) is 1. The van der Waals surface area contributed by atoms with Crippen LogP contribution in [0.15, 0.2) is 85.1 Å². The Bertz CT molecular complexity index is 1140. The van der Waals surface area contributed by atoms with E-state index in [2.05, 4.69) is 5.32 Å². The highest BCUT2D eigenvalue weighted by atomic mass is 16.2. The molecular weight excluding hydrogens is 336 g/mol. The Morgan fingerprint density at radius 1 is 0.815 bits per heavy atom. The molecule has 0 radical (unpaired) electrons. The van der Waals surface area contributed by atoms with E-state index in [4.69, 9.17) is 0 Å². The minimum absolute atomic E-state index is 0.405. The first-order chi connectivity index (χ1) is 13.1. The zero-order chi connectivity index (χ0) is 18.8. The average Bonchev–Trinajstić information content (AvgIpc) is 3.05. The first-order valence-corrected chi connectivity index (χ1v) is 8.69. The highest BCUT2D eigenvalue weighted by Crippen LogP contribution is 2.28. The number of nitrogens with one attached hydrogen (secondary N) is 1. The first-order valence-electron chi connectivity index (χ1n) is 8.69. The summed E-state index contributed by atoms with van der Waals surface area (Å²) >= 11 is 0. The molecule has 4 aromatic rings. The number of amides is 1. The number of anilines is 1. The summed E-state index contributed by atoms with van der Waals surface area (Å²) < 4.78 is 1.85. The Kier molecular flexibility index (Phi) is 4.30. The lowest BCUT2D eigenvalue weighted by Crippen LogP contribution is -2.23. The van der Waals surface area contributed by atoms with Gasteiger partial charge < -0.3 is 9.88 Å². The van der Waals surface area contributed by atoms with Crippen LogP contribution in [0.4, 0.5) is 5.69 Å². The molecule has 1 aromatic heterocycles. The highest BCUT2D eigenvalue weighted by Gasteiger charge is 2.21. The van der Waals surface area contributed by atoms with Gasteiger partial charge in [-0.2, -0.15) is 0 Å². The summed E-state index contributed by atoms with van der Waals surface area (Å²) in [5, 5.41) is 3.56. The molecule has 0 saturated carbocycles. The van der Waals surface area contributed by atoms with Crippen molar-refractivity contribution in [2.24, 2.45) is 7.05 Å². The molecule has 0 bridgehead atoms. The van der Waals surface area contributed by atoms with Gasteiger partial charge in [0, 0.05) is 35.4 Å². The molecule has 4 nitrogen and oxygen atoms in total. The summed E-state index contributed by atoms with van der Waals surface area (Å²) in [5.74, 6) is -1.19. The third-order valence-corrected chi connectivity index (χ3v) is 4.61. The van der Waals surface area contributed by atoms with Crippen molar-refractivity contribution in [3.8, 4) is 11.1 Å². The Morgan fingerprint density at radius 2 is 1.48 bits per heavy atom. The summed E-state index contributed by atoms with van der Waals surface area (Å²) in [6, 6.07) is 24.8. The summed E-state index contributed by atoms with van der Waals surface area (Å²) in [5.41, 5.74) is 3.78. The van der Waals surface area contributed by atoms with Crippen molar-refractivity contribution >= 4 is 28.3 Å². The second-order valence-electron chi connectivity index (χ2n) is 6.37. The topological polar surface area (TPSA) is 51.1 Å². The smallest absolute Gasteiger partial charge is 0.296 e. The summed E-state index contributed by atoms with van der Waals surface area (Å²) in [7, 11) is 1.86. The van der Waals surface area contributed by atoms with Gasteiger partial charge >= 0.3 is 0 Å². The van der Waals surface area contributed by atoms with Gasteiger partial charge in [-0.1, -0.05) is 66.7 Å². The number of para-hydroxylation sites is 2. The van der Waals surface area contributed by atoms with Crippen LogP contribution in [0.25, 0.3) is 22.0 Å². The molecule has 0 aliphatic heterocycles. The zero-order valence-corrected chi connectivity index (χ0v) is 14.8. The van der Waals surface area contributed by atoms with Crippen molar-refractivity contribution in [2.75, 3.05) is 5.32 Å². The lowest BCUT2D eigenvalue weighted by atomic mass is 10.0. The van der Waals surface area contributed by atoms with Crippen LogP contribution < -0.4 is 5.32 Å². The van der Waals surface area contributed by atoms with Crippen LogP contribution in [0.5, 0.6) is 0 Å². The van der Waals surface area contributed by atoms with Gasteiger partial charge in [-0.15, -0.1) is 0 Å². The fraction of sp³-hybridized carbons (Fsp3) is 0.0435. The normalized spacial score (nSPS) is 10.7. The maximum absolute atomic E-state index is 12.8. The van der Waals surface area contributed by atoms with Crippen molar-refractivity contribution in [3.63, 3.8) is 0 Å². The Morgan fingerprint density at radius 3 is 2.30 bits per heavy atom.